The fraction of sp³-hybridized carbons (Fsp3) is 0.250. The summed E-state index contributed by atoms with van der Waals surface area (Å²) in [4.78, 5) is 45.3. The number of esters is 1. The van der Waals surface area contributed by atoms with Crippen LogP contribution in [0.15, 0.2) is 83.9 Å². The van der Waals surface area contributed by atoms with Gasteiger partial charge in [0.1, 0.15) is 5.25 Å². The van der Waals surface area contributed by atoms with Crippen LogP contribution in [0.1, 0.15) is 35.0 Å². The van der Waals surface area contributed by atoms with Crippen LogP contribution < -0.4 is 5.32 Å². The third-order valence-electron chi connectivity index (χ3n) is 7.19. The van der Waals surface area contributed by atoms with Gasteiger partial charge in [-0.2, -0.15) is 0 Å². The molecule has 3 aromatic carbocycles. The van der Waals surface area contributed by atoms with Gasteiger partial charge < -0.3 is 14.6 Å². The molecule has 1 N–H and O–H groups in total. The van der Waals surface area contributed by atoms with Gasteiger partial charge in [-0.1, -0.05) is 48.2 Å². The Kier molecular flexibility index (Phi) is 8.54. The lowest BCUT2D eigenvalue weighted by atomic mass is 10.1. The number of nitrogens with one attached hydrogen (secondary N) is 1. The van der Waals surface area contributed by atoms with Gasteiger partial charge in [-0.15, -0.1) is 0 Å². The minimum atomic E-state index is -0.629. The number of benzene rings is 3. The Labute approximate surface area is 243 Å². The maximum atomic E-state index is 13.5. The van der Waals surface area contributed by atoms with Gasteiger partial charge in [0.05, 0.1) is 17.9 Å². The molecule has 0 aliphatic carbocycles. The smallest absolute Gasteiger partial charge is 0.338 e. The Balaban J connectivity index is 1.42. The van der Waals surface area contributed by atoms with Crippen LogP contribution in [0.3, 0.4) is 0 Å². The van der Waals surface area contributed by atoms with Gasteiger partial charge in [0.25, 0.3) is 0 Å². The van der Waals surface area contributed by atoms with Crippen molar-refractivity contribution in [3.8, 4) is 0 Å². The highest BCUT2D eigenvalue weighted by molar-refractivity contribution is 8.15. The summed E-state index contributed by atoms with van der Waals surface area (Å²) in [5.41, 5.74) is 5.15. The molecule has 9 heteroatoms. The Morgan fingerprint density at radius 1 is 1.02 bits per heavy atom. The molecule has 1 atom stereocenters. The van der Waals surface area contributed by atoms with Crippen molar-refractivity contribution in [2.75, 3.05) is 18.5 Å². The van der Waals surface area contributed by atoms with Crippen molar-refractivity contribution in [2.45, 2.75) is 31.9 Å². The van der Waals surface area contributed by atoms with Crippen LogP contribution in [0.2, 0.25) is 0 Å². The van der Waals surface area contributed by atoms with Gasteiger partial charge in [0.2, 0.25) is 11.8 Å². The summed E-state index contributed by atoms with van der Waals surface area (Å²) in [6.07, 6.45) is 0.708. The van der Waals surface area contributed by atoms with Crippen LogP contribution >= 0.6 is 11.8 Å². The van der Waals surface area contributed by atoms with E-state index in [1.165, 1.54) is 17.3 Å². The predicted molar refractivity (Wildman–Crippen MR) is 164 cm³/mol. The number of ether oxygens (including phenoxy) is 1. The number of anilines is 1. The largest absolute Gasteiger partial charge is 0.462 e. The van der Waals surface area contributed by atoms with E-state index in [0.717, 1.165) is 16.6 Å². The van der Waals surface area contributed by atoms with E-state index in [1.807, 2.05) is 49.5 Å². The Hall–Kier alpha value is -4.37. The third kappa shape index (κ3) is 6.20. The topological polar surface area (TPSA) is 93.0 Å². The number of para-hydroxylation sites is 2. The maximum Gasteiger partial charge on any atom is 0.338 e. The second-order valence-electron chi connectivity index (χ2n) is 9.76. The minimum Gasteiger partial charge on any atom is -0.462 e. The van der Waals surface area contributed by atoms with Crippen LogP contribution in [0, 0.1) is 6.92 Å². The standard InChI is InChI=1S/C32H32N4O4S/c1-4-40-31(39)22-14-16-24(17-15-22)34-32-36(19-18-25-21(2)35(3)27-13-9-8-12-26(25)27)29(37)20-28(41-32)30(38)33-23-10-6-5-7-11-23/h5-17,28H,4,18-20H2,1-3H3,(H,33,38)/t28-/m0/s1. The number of fused-ring (bicyclic) bond motifs is 1. The van der Waals surface area contributed by atoms with E-state index in [-0.39, 0.29) is 18.2 Å². The monoisotopic (exact) mass is 568 g/mol. The van der Waals surface area contributed by atoms with Gasteiger partial charge in [0, 0.05) is 42.3 Å². The molecule has 0 radical (unpaired) electrons. The van der Waals surface area contributed by atoms with Crippen LogP contribution in [-0.2, 0) is 27.8 Å². The molecule has 5 rings (SSSR count). The summed E-state index contributed by atoms with van der Waals surface area (Å²) in [5, 5.41) is 3.90. The molecule has 1 saturated heterocycles. The van der Waals surface area contributed by atoms with Gasteiger partial charge in [-0.3, -0.25) is 14.5 Å². The molecule has 0 unspecified atom stereocenters. The van der Waals surface area contributed by atoms with E-state index in [1.54, 1.807) is 36.1 Å². The second kappa shape index (κ2) is 12.4. The van der Waals surface area contributed by atoms with E-state index in [2.05, 4.69) is 28.9 Å². The summed E-state index contributed by atoms with van der Waals surface area (Å²) >= 11 is 1.28. The first kappa shape index (κ1) is 28.2. The zero-order chi connectivity index (χ0) is 28.9. The molecule has 0 saturated carbocycles. The number of nitrogens with zero attached hydrogens (tertiary/aromatic N) is 3. The van der Waals surface area contributed by atoms with Crippen molar-refractivity contribution in [3.63, 3.8) is 0 Å². The second-order valence-corrected chi connectivity index (χ2v) is 10.9. The zero-order valence-corrected chi connectivity index (χ0v) is 24.1. The number of aromatic nitrogens is 1. The maximum absolute atomic E-state index is 13.5. The SMILES string of the molecule is CCOC(=O)c1ccc(N=C2S[C@H](C(=O)Nc3ccccc3)CC(=O)N2CCc2c(C)n(C)c3ccccc23)cc1. The number of hydrogen-bond acceptors (Lipinski definition) is 6. The number of aliphatic imine (C=N–C) groups is 1. The normalized spacial score (nSPS) is 16.3. The number of amidine groups is 1. The van der Waals surface area contributed by atoms with Crippen molar-refractivity contribution in [3.05, 3.63) is 95.7 Å². The minimum absolute atomic E-state index is 0.0681. The van der Waals surface area contributed by atoms with E-state index in [0.29, 0.717) is 41.7 Å². The van der Waals surface area contributed by atoms with Crippen molar-refractivity contribution in [1.82, 2.24) is 9.47 Å². The summed E-state index contributed by atoms with van der Waals surface area (Å²) in [7, 11) is 2.05. The zero-order valence-electron chi connectivity index (χ0n) is 23.3. The van der Waals surface area contributed by atoms with E-state index in [4.69, 9.17) is 9.73 Å². The molecule has 1 aromatic heterocycles. The highest BCUT2D eigenvalue weighted by Gasteiger charge is 2.36. The number of carbonyl (C=O) groups excluding carboxylic acids is 3. The first-order chi connectivity index (χ1) is 19.9. The van der Waals surface area contributed by atoms with Gasteiger partial charge in [0.15, 0.2) is 5.17 Å². The Morgan fingerprint density at radius 2 is 1.73 bits per heavy atom. The first-order valence-corrected chi connectivity index (χ1v) is 14.5. The lowest BCUT2D eigenvalue weighted by Gasteiger charge is -2.32. The highest BCUT2D eigenvalue weighted by Crippen LogP contribution is 2.31. The molecule has 8 nitrogen and oxygen atoms in total. The van der Waals surface area contributed by atoms with Crippen molar-refractivity contribution < 1.29 is 19.1 Å². The third-order valence-corrected chi connectivity index (χ3v) is 8.38. The number of thioether (sulfide) groups is 1. The highest BCUT2D eigenvalue weighted by atomic mass is 32.2. The van der Waals surface area contributed by atoms with Crippen LogP contribution in [0.25, 0.3) is 10.9 Å². The molecular weight excluding hydrogens is 536 g/mol. The average molecular weight is 569 g/mol. The quantitative estimate of drug-likeness (QED) is 0.269. The van der Waals surface area contributed by atoms with Crippen LogP contribution in [0.5, 0.6) is 0 Å². The van der Waals surface area contributed by atoms with Gasteiger partial charge in [-0.05, 0) is 68.3 Å². The van der Waals surface area contributed by atoms with E-state index >= 15 is 0 Å². The fourth-order valence-corrected chi connectivity index (χ4v) is 6.07. The fourth-order valence-electron chi connectivity index (χ4n) is 4.94. The molecule has 0 bridgehead atoms. The number of amides is 2. The Morgan fingerprint density at radius 3 is 2.46 bits per heavy atom. The van der Waals surface area contributed by atoms with Gasteiger partial charge >= 0.3 is 5.97 Å². The molecule has 210 valence electrons. The number of hydrogen-bond donors (Lipinski definition) is 1. The number of rotatable bonds is 8. The lowest BCUT2D eigenvalue weighted by molar-refractivity contribution is -0.129. The van der Waals surface area contributed by atoms with E-state index < -0.39 is 11.2 Å². The average Bonchev–Trinajstić information content (AvgIpc) is 3.22. The van der Waals surface area contributed by atoms with Crippen molar-refractivity contribution in [1.29, 1.82) is 0 Å². The molecular formula is C32H32N4O4S. The van der Waals surface area contributed by atoms with E-state index in [9.17, 15) is 14.4 Å². The molecule has 1 aliphatic rings. The molecule has 4 aromatic rings. The van der Waals surface area contributed by atoms with Crippen molar-refractivity contribution in [2.24, 2.45) is 12.0 Å². The number of aryl methyl sites for hydroxylation is 1. The van der Waals surface area contributed by atoms with Crippen LogP contribution in [-0.4, -0.2) is 50.8 Å². The lowest BCUT2D eigenvalue weighted by Crippen LogP contribution is -2.46. The number of carbonyl (C=O) groups is 3. The van der Waals surface area contributed by atoms with Crippen molar-refractivity contribution >= 4 is 57.0 Å². The Bertz CT molecular complexity index is 1610. The predicted octanol–water partition coefficient (Wildman–Crippen LogP) is 5.87. The van der Waals surface area contributed by atoms with Gasteiger partial charge in [-0.25, -0.2) is 9.79 Å². The molecule has 0 spiro atoms. The first-order valence-electron chi connectivity index (χ1n) is 13.6. The molecule has 2 heterocycles. The van der Waals surface area contributed by atoms with Crippen LogP contribution in [0.4, 0.5) is 11.4 Å². The summed E-state index contributed by atoms with van der Waals surface area (Å²) in [6, 6.07) is 24.2. The molecule has 2 amide bonds. The molecule has 1 fully saturated rings. The summed E-state index contributed by atoms with van der Waals surface area (Å²) in [5.74, 6) is -0.806. The molecule has 1 aliphatic heterocycles. The summed E-state index contributed by atoms with van der Waals surface area (Å²) in [6.45, 7) is 4.56. The summed E-state index contributed by atoms with van der Waals surface area (Å²) < 4.78 is 7.24. The molecule has 41 heavy (non-hydrogen) atoms.